The molecule has 0 amide bonds. The zero-order valence-corrected chi connectivity index (χ0v) is 19.2. The van der Waals surface area contributed by atoms with Gasteiger partial charge in [-0.05, 0) is 48.0 Å². The number of nitrogens with zero attached hydrogens (tertiary/aromatic N) is 5. The van der Waals surface area contributed by atoms with Crippen LogP contribution in [-0.2, 0) is 6.18 Å². The van der Waals surface area contributed by atoms with E-state index in [1.54, 1.807) is 24.3 Å². The number of rotatable bonds is 6. The lowest BCUT2D eigenvalue weighted by Gasteiger charge is -2.10. The van der Waals surface area contributed by atoms with Crippen LogP contribution < -0.4 is 10.5 Å². The molecule has 0 aliphatic heterocycles. The van der Waals surface area contributed by atoms with Crippen molar-refractivity contribution in [2.24, 2.45) is 0 Å². The van der Waals surface area contributed by atoms with Crippen LogP contribution in [0.15, 0.2) is 72.8 Å². The Hall–Kier alpha value is -5.62. The Labute approximate surface area is 213 Å². The molecule has 0 atom stereocenters. The third-order valence-electron chi connectivity index (χ3n) is 5.29. The predicted molar refractivity (Wildman–Crippen MR) is 132 cm³/mol. The van der Waals surface area contributed by atoms with E-state index in [1.165, 1.54) is 35.0 Å². The van der Waals surface area contributed by atoms with Gasteiger partial charge >= 0.3 is 11.9 Å². The molecule has 1 aromatic heterocycles. The average molecular weight is 516 g/mol. The Morgan fingerprint density at radius 1 is 1.16 bits per heavy atom. The Kier molecular flexibility index (Phi) is 6.81. The Bertz CT molecular complexity index is 1630. The van der Waals surface area contributed by atoms with Gasteiger partial charge in [0.2, 0.25) is 5.75 Å². The lowest BCUT2D eigenvalue weighted by Crippen LogP contribution is -2.06. The predicted octanol–water partition coefficient (Wildman–Crippen LogP) is 6.79. The topological polar surface area (TPSA) is 124 Å². The van der Waals surface area contributed by atoms with Gasteiger partial charge in [-0.1, -0.05) is 30.3 Å². The van der Waals surface area contributed by atoms with Gasteiger partial charge < -0.3 is 10.5 Å². The van der Waals surface area contributed by atoms with E-state index in [2.05, 4.69) is 9.94 Å². The fraction of sp³-hybridized carbons (Fsp3) is 0.0385. The van der Waals surface area contributed by atoms with Crippen molar-refractivity contribution in [3.63, 3.8) is 0 Å². The molecule has 12 heteroatoms. The molecule has 0 aliphatic carbocycles. The number of anilines is 1. The van der Waals surface area contributed by atoms with Crippen molar-refractivity contribution in [3.8, 4) is 23.3 Å². The number of nitriles is 1. The van der Waals surface area contributed by atoms with Crippen molar-refractivity contribution in [3.05, 3.63) is 111 Å². The molecule has 188 valence electrons. The lowest BCUT2D eigenvalue weighted by atomic mass is 10.1. The van der Waals surface area contributed by atoms with Crippen LogP contribution in [-0.4, -0.2) is 14.7 Å². The summed E-state index contributed by atoms with van der Waals surface area (Å²) >= 11 is 0. The standard InChI is InChI=1S/C26H15F3N6O3/c1-32-24-23(33-34(25(24)31)19-5-3-2-4-6-19)17(15-30)13-16-7-10-20(11-8-16)38-22-12-9-18(26(27,28)29)14-21(22)35(36)37/h2-14H,31H2. The highest BCUT2D eigenvalue weighted by Gasteiger charge is 2.33. The highest BCUT2D eigenvalue weighted by atomic mass is 19.4. The number of nitrogens with two attached hydrogens (primary N) is 1. The van der Waals surface area contributed by atoms with Crippen LogP contribution in [0.2, 0.25) is 0 Å². The van der Waals surface area contributed by atoms with Crippen LogP contribution in [0.3, 0.4) is 0 Å². The summed E-state index contributed by atoms with van der Waals surface area (Å²) in [6.45, 7) is 7.51. The zero-order chi connectivity index (χ0) is 27.4. The maximum absolute atomic E-state index is 12.9. The number of nitro groups is 1. The average Bonchev–Trinajstić information content (AvgIpc) is 3.24. The molecule has 0 aliphatic rings. The van der Waals surface area contributed by atoms with Crippen LogP contribution in [0.4, 0.5) is 30.4 Å². The van der Waals surface area contributed by atoms with Gasteiger partial charge in [0.15, 0.2) is 0 Å². The second-order valence-electron chi connectivity index (χ2n) is 7.72. The maximum Gasteiger partial charge on any atom is 0.416 e. The third kappa shape index (κ3) is 5.15. The number of hydrogen-bond acceptors (Lipinski definition) is 6. The smallest absolute Gasteiger partial charge is 0.416 e. The second kappa shape index (κ2) is 10.2. The molecular formula is C26H15F3N6O3. The third-order valence-corrected chi connectivity index (χ3v) is 5.29. The van der Waals surface area contributed by atoms with Gasteiger partial charge in [0.25, 0.3) is 5.69 Å². The number of hydrogen-bond donors (Lipinski definition) is 1. The number of nitro benzene ring substituents is 1. The minimum absolute atomic E-state index is 0.0104. The minimum Gasteiger partial charge on any atom is -0.450 e. The fourth-order valence-corrected chi connectivity index (χ4v) is 3.48. The summed E-state index contributed by atoms with van der Waals surface area (Å²) in [4.78, 5) is 13.8. The molecule has 0 bridgehead atoms. The molecule has 0 saturated heterocycles. The first-order chi connectivity index (χ1) is 18.1. The first kappa shape index (κ1) is 25.5. The van der Waals surface area contributed by atoms with Crippen molar-refractivity contribution in [2.45, 2.75) is 6.18 Å². The number of aromatic nitrogens is 2. The minimum atomic E-state index is -4.75. The van der Waals surface area contributed by atoms with Crippen molar-refractivity contribution in [1.29, 1.82) is 5.26 Å². The highest BCUT2D eigenvalue weighted by molar-refractivity contribution is 5.95. The number of halogens is 3. The Morgan fingerprint density at radius 3 is 2.42 bits per heavy atom. The first-order valence-electron chi connectivity index (χ1n) is 10.7. The number of ether oxygens (including phenoxy) is 1. The molecule has 0 saturated carbocycles. The van der Waals surface area contributed by atoms with Crippen LogP contribution in [0.1, 0.15) is 16.8 Å². The van der Waals surface area contributed by atoms with E-state index in [4.69, 9.17) is 17.0 Å². The van der Waals surface area contributed by atoms with Crippen molar-refractivity contribution in [1.82, 2.24) is 9.78 Å². The van der Waals surface area contributed by atoms with E-state index in [-0.39, 0.29) is 34.3 Å². The van der Waals surface area contributed by atoms with E-state index in [0.717, 1.165) is 6.07 Å². The Balaban J connectivity index is 1.64. The second-order valence-corrected chi connectivity index (χ2v) is 7.72. The number of benzene rings is 3. The molecule has 9 nitrogen and oxygen atoms in total. The van der Waals surface area contributed by atoms with Crippen LogP contribution in [0, 0.1) is 28.0 Å². The van der Waals surface area contributed by atoms with Crippen LogP contribution in [0.5, 0.6) is 11.5 Å². The summed E-state index contributed by atoms with van der Waals surface area (Å²) < 4.78 is 45.6. The summed E-state index contributed by atoms with van der Waals surface area (Å²) in [5, 5.41) is 25.4. The quantitative estimate of drug-likeness (QED) is 0.130. The number of allylic oxidation sites excluding steroid dienone is 1. The fourth-order valence-electron chi connectivity index (χ4n) is 3.48. The number of nitrogen functional groups attached to an aromatic ring is 1. The van der Waals surface area contributed by atoms with E-state index in [9.17, 15) is 28.5 Å². The van der Waals surface area contributed by atoms with Crippen molar-refractivity contribution >= 4 is 28.8 Å². The molecule has 1 heterocycles. The van der Waals surface area contributed by atoms with Crippen molar-refractivity contribution < 1.29 is 22.8 Å². The molecule has 0 radical (unpaired) electrons. The van der Waals surface area contributed by atoms with Gasteiger partial charge in [0.05, 0.1) is 28.3 Å². The van der Waals surface area contributed by atoms with E-state index >= 15 is 0 Å². The van der Waals surface area contributed by atoms with Gasteiger partial charge in [-0.25, -0.2) is 9.53 Å². The molecule has 4 rings (SSSR count). The first-order valence-corrected chi connectivity index (χ1v) is 10.7. The lowest BCUT2D eigenvalue weighted by molar-refractivity contribution is -0.385. The van der Waals surface area contributed by atoms with Crippen LogP contribution in [0.25, 0.3) is 22.2 Å². The maximum atomic E-state index is 12.9. The summed E-state index contributed by atoms with van der Waals surface area (Å²) in [6, 6.07) is 18.7. The SMILES string of the molecule is [C-]#[N+]c1c(C(C#N)=Cc2ccc(Oc3ccc(C(F)(F)F)cc3[N+](=O)[O-])cc2)nn(-c2ccccc2)c1N. The van der Waals surface area contributed by atoms with E-state index in [0.29, 0.717) is 23.4 Å². The van der Waals surface area contributed by atoms with Gasteiger partial charge in [-0.2, -0.15) is 23.5 Å². The Morgan fingerprint density at radius 2 is 1.84 bits per heavy atom. The summed E-state index contributed by atoms with van der Waals surface area (Å²) in [5.74, 6) is -0.181. The normalized spacial score (nSPS) is 11.4. The van der Waals surface area contributed by atoms with Crippen molar-refractivity contribution in [2.75, 3.05) is 5.73 Å². The van der Waals surface area contributed by atoms with E-state index < -0.39 is 22.4 Å². The molecule has 38 heavy (non-hydrogen) atoms. The molecule has 0 fully saturated rings. The largest absolute Gasteiger partial charge is 0.450 e. The number of para-hydroxylation sites is 1. The molecule has 0 spiro atoms. The molecular weight excluding hydrogens is 501 g/mol. The monoisotopic (exact) mass is 516 g/mol. The highest BCUT2D eigenvalue weighted by Crippen LogP contribution is 2.38. The van der Waals surface area contributed by atoms with Gasteiger partial charge in [-0.3, -0.25) is 10.1 Å². The summed E-state index contributed by atoms with van der Waals surface area (Å²) in [5.41, 5.74) is 5.37. The van der Waals surface area contributed by atoms with Crippen LogP contribution >= 0.6 is 0 Å². The molecule has 3 aromatic carbocycles. The number of alkyl halides is 3. The summed E-state index contributed by atoms with van der Waals surface area (Å²) in [7, 11) is 0. The van der Waals surface area contributed by atoms with Gasteiger partial charge in [0, 0.05) is 6.07 Å². The summed E-state index contributed by atoms with van der Waals surface area (Å²) in [6.07, 6.45) is -3.28. The van der Waals surface area contributed by atoms with Gasteiger partial charge in [0.1, 0.15) is 23.3 Å². The zero-order valence-electron chi connectivity index (χ0n) is 19.2. The van der Waals surface area contributed by atoms with E-state index in [1.807, 2.05) is 12.1 Å². The molecule has 4 aromatic rings. The molecule has 0 unspecified atom stereocenters. The molecule has 2 N–H and O–H groups in total. The van der Waals surface area contributed by atoms with Gasteiger partial charge in [-0.15, -0.1) is 0 Å².